The molecule has 0 atom stereocenters. The van der Waals surface area contributed by atoms with E-state index in [4.69, 9.17) is 0 Å². The molecule has 0 spiro atoms. The molecular weight excluding hydrogens is 399 g/mol. The first-order valence-corrected chi connectivity index (χ1v) is 10.6. The van der Waals surface area contributed by atoms with E-state index < -0.39 is 0 Å². The molecular formula is C22H25FN6O2. The van der Waals surface area contributed by atoms with Crippen LogP contribution in [0.4, 0.5) is 10.1 Å². The number of aromatic amines is 1. The van der Waals surface area contributed by atoms with E-state index in [9.17, 15) is 14.0 Å². The minimum Gasteiger partial charge on any atom is -0.367 e. The van der Waals surface area contributed by atoms with Gasteiger partial charge in [-0.3, -0.25) is 14.5 Å². The number of hydrogen-bond donors (Lipinski definition) is 2. The number of hydrogen-bond acceptors (Lipinski definition) is 5. The van der Waals surface area contributed by atoms with Crippen LogP contribution in [0.15, 0.2) is 35.3 Å². The zero-order valence-corrected chi connectivity index (χ0v) is 17.4. The summed E-state index contributed by atoms with van der Waals surface area (Å²) in [5.41, 5.74) is 3.25. The lowest BCUT2D eigenvalue weighted by atomic mass is 10.1. The van der Waals surface area contributed by atoms with E-state index in [1.807, 2.05) is 17.2 Å². The summed E-state index contributed by atoms with van der Waals surface area (Å²) in [6, 6.07) is 6.53. The summed E-state index contributed by atoms with van der Waals surface area (Å²) < 4.78 is 16.3. The third kappa shape index (κ3) is 3.93. The van der Waals surface area contributed by atoms with Crippen molar-refractivity contribution in [3.63, 3.8) is 0 Å². The van der Waals surface area contributed by atoms with E-state index in [0.717, 1.165) is 37.2 Å². The summed E-state index contributed by atoms with van der Waals surface area (Å²) in [7, 11) is 1.53. The number of nitrogens with one attached hydrogen (secondary N) is 2. The van der Waals surface area contributed by atoms with Crippen LogP contribution in [0.3, 0.4) is 0 Å². The molecule has 1 aliphatic carbocycles. The van der Waals surface area contributed by atoms with Gasteiger partial charge in [0, 0.05) is 63.2 Å². The summed E-state index contributed by atoms with van der Waals surface area (Å²) >= 11 is 0. The normalized spacial score (nSPS) is 17.3. The Labute approximate surface area is 178 Å². The molecule has 0 radical (unpaired) electrons. The second-order valence-electron chi connectivity index (χ2n) is 8.29. The summed E-state index contributed by atoms with van der Waals surface area (Å²) in [6.45, 7) is 3.59. The van der Waals surface area contributed by atoms with Crippen LogP contribution in [0.25, 0.3) is 5.65 Å². The first kappa shape index (κ1) is 19.7. The Hall–Kier alpha value is -3.20. The SMILES string of the molecule is CNC(=O)c1ccc(N2CCN(Cc3cc4[nH]c(=O)c(C5CC5)cn4n3)CC2)c(F)c1. The number of aromatic nitrogens is 3. The topological polar surface area (TPSA) is 85.7 Å². The van der Waals surface area contributed by atoms with Gasteiger partial charge < -0.3 is 15.2 Å². The second kappa shape index (κ2) is 7.81. The largest absolute Gasteiger partial charge is 0.367 e. The highest BCUT2D eigenvalue weighted by atomic mass is 19.1. The smallest absolute Gasteiger partial charge is 0.254 e. The van der Waals surface area contributed by atoms with Gasteiger partial charge in [0.15, 0.2) is 0 Å². The molecule has 3 aromatic rings. The van der Waals surface area contributed by atoms with E-state index in [-0.39, 0.29) is 17.3 Å². The van der Waals surface area contributed by atoms with Crippen molar-refractivity contribution in [3.05, 3.63) is 63.5 Å². The fourth-order valence-corrected chi connectivity index (χ4v) is 4.20. The number of rotatable bonds is 5. The molecule has 2 aromatic heterocycles. The Morgan fingerprint density at radius 1 is 1.23 bits per heavy atom. The highest BCUT2D eigenvalue weighted by Gasteiger charge is 2.27. The molecule has 0 unspecified atom stereocenters. The predicted octanol–water partition coefficient (Wildman–Crippen LogP) is 1.72. The fourth-order valence-electron chi connectivity index (χ4n) is 4.20. The predicted molar refractivity (Wildman–Crippen MR) is 115 cm³/mol. The number of amides is 1. The van der Waals surface area contributed by atoms with Crippen LogP contribution >= 0.6 is 0 Å². The van der Waals surface area contributed by atoms with Crippen molar-refractivity contribution in [3.8, 4) is 0 Å². The Morgan fingerprint density at radius 2 is 2.00 bits per heavy atom. The molecule has 9 heteroatoms. The number of fused-ring (bicyclic) bond motifs is 1. The average Bonchev–Trinajstić information content (AvgIpc) is 3.54. The minimum atomic E-state index is -0.384. The van der Waals surface area contributed by atoms with E-state index >= 15 is 0 Å². The Kier molecular flexibility index (Phi) is 4.97. The van der Waals surface area contributed by atoms with E-state index in [0.29, 0.717) is 42.5 Å². The molecule has 2 fully saturated rings. The first-order valence-electron chi connectivity index (χ1n) is 10.6. The molecule has 1 aliphatic heterocycles. The van der Waals surface area contributed by atoms with Crippen LogP contribution in [0.5, 0.6) is 0 Å². The number of piperazine rings is 1. The maximum Gasteiger partial charge on any atom is 0.254 e. The number of nitrogens with zero attached hydrogens (tertiary/aromatic N) is 4. The standard InChI is InChI=1S/C22H25FN6O2/c1-24-21(30)15-4-5-19(18(23)10-15)28-8-6-27(7-9-28)12-16-11-20-25-22(31)17(14-2-3-14)13-29(20)26-16/h4-5,10-11,13-14H,2-3,6-9,12H2,1H3,(H,24,30)(H,25,31). The number of carbonyl (C=O) groups is 1. The van der Waals surface area contributed by atoms with Crippen molar-refractivity contribution in [1.29, 1.82) is 0 Å². The summed E-state index contributed by atoms with van der Waals surface area (Å²) in [5.74, 6) is -0.307. The molecule has 1 amide bonds. The van der Waals surface area contributed by atoms with Crippen molar-refractivity contribution in [2.24, 2.45) is 0 Å². The second-order valence-corrected chi connectivity index (χ2v) is 8.29. The molecule has 1 saturated heterocycles. The zero-order valence-electron chi connectivity index (χ0n) is 17.4. The van der Waals surface area contributed by atoms with Crippen LogP contribution in [0, 0.1) is 5.82 Å². The van der Waals surface area contributed by atoms with Gasteiger partial charge in [-0.1, -0.05) is 0 Å². The van der Waals surface area contributed by atoms with Gasteiger partial charge in [-0.05, 0) is 37.0 Å². The summed E-state index contributed by atoms with van der Waals surface area (Å²) in [6.07, 6.45) is 4.00. The summed E-state index contributed by atoms with van der Waals surface area (Å²) in [4.78, 5) is 31.1. The van der Waals surface area contributed by atoms with Crippen molar-refractivity contribution in [2.45, 2.75) is 25.3 Å². The van der Waals surface area contributed by atoms with Gasteiger partial charge in [0.25, 0.3) is 11.5 Å². The summed E-state index contributed by atoms with van der Waals surface area (Å²) in [5, 5.41) is 7.15. The zero-order chi connectivity index (χ0) is 21.5. The van der Waals surface area contributed by atoms with Gasteiger partial charge in [0.05, 0.1) is 11.4 Å². The lowest BCUT2D eigenvalue weighted by molar-refractivity contribution is 0.0962. The number of benzene rings is 1. The van der Waals surface area contributed by atoms with E-state index in [2.05, 4.69) is 20.3 Å². The average molecular weight is 424 g/mol. The molecule has 1 saturated carbocycles. The van der Waals surface area contributed by atoms with Gasteiger partial charge in [0.1, 0.15) is 11.5 Å². The quantitative estimate of drug-likeness (QED) is 0.652. The highest BCUT2D eigenvalue weighted by Crippen LogP contribution is 2.38. The molecule has 0 bridgehead atoms. The maximum absolute atomic E-state index is 14.5. The van der Waals surface area contributed by atoms with Crippen molar-refractivity contribution in [1.82, 2.24) is 24.8 Å². The molecule has 2 N–H and O–H groups in total. The molecule has 5 rings (SSSR count). The van der Waals surface area contributed by atoms with Gasteiger partial charge >= 0.3 is 0 Å². The molecule has 2 aliphatic rings. The Morgan fingerprint density at radius 3 is 2.68 bits per heavy atom. The Balaban J connectivity index is 1.24. The van der Waals surface area contributed by atoms with Gasteiger partial charge in [0.2, 0.25) is 0 Å². The Bertz CT molecular complexity index is 1190. The van der Waals surface area contributed by atoms with Crippen LogP contribution in [0.1, 0.15) is 40.4 Å². The molecule has 3 heterocycles. The molecule has 31 heavy (non-hydrogen) atoms. The monoisotopic (exact) mass is 424 g/mol. The number of H-pyrrole nitrogens is 1. The first-order chi connectivity index (χ1) is 15.0. The van der Waals surface area contributed by atoms with Gasteiger partial charge in [-0.2, -0.15) is 5.10 Å². The molecule has 1 aromatic carbocycles. The van der Waals surface area contributed by atoms with Gasteiger partial charge in [-0.25, -0.2) is 8.91 Å². The lowest BCUT2D eigenvalue weighted by Gasteiger charge is -2.35. The van der Waals surface area contributed by atoms with Gasteiger partial charge in [-0.15, -0.1) is 0 Å². The number of carbonyl (C=O) groups excluding carboxylic acids is 1. The molecule has 8 nitrogen and oxygen atoms in total. The number of anilines is 1. The minimum absolute atomic E-state index is 0.0143. The van der Waals surface area contributed by atoms with Crippen molar-refractivity contribution >= 4 is 17.2 Å². The van der Waals surface area contributed by atoms with E-state index in [1.165, 1.54) is 13.1 Å². The van der Waals surface area contributed by atoms with Crippen LogP contribution < -0.4 is 15.8 Å². The van der Waals surface area contributed by atoms with Crippen LogP contribution in [-0.4, -0.2) is 58.6 Å². The highest BCUT2D eigenvalue weighted by molar-refractivity contribution is 5.94. The lowest BCUT2D eigenvalue weighted by Crippen LogP contribution is -2.46. The van der Waals surface area contributed by atoms with Crippen molar-refractivity contribution in [2.75, 3.05) is 38.1 Å². The third-order valence-electron chi connectivity index (χ3n) is 6.10. The number of halogens is 1. The fraction of sp³-hybridized carbons (Fsp3) is 0.409. The van der Waals surface area contributed by atoms with Crippen molar-refractivity contribution < 1.29 is 9.18 Å². The van der Waals surface area contributed by atoms with Crippen LogP contribution in [0.2, 0.25) is 0 Å². The maximum atomic E-state index is 14.5. The van der Waals surface area contributed by atoms with E-state index in [1.54, 1.807) is 16.6 Å². The van der Waals surface area contributed by atoms with Crippen LogP contribution in [-0.2, 0) is 6.54 Å². The molecule has 162 valence electrons. The third-order valence-corrected chi connectivity index (χ3v) is 6.10.